The lowest BCUT2D eigenvalue weighted by atomic mass is 10.4. The van der Waals surface area contributed by atoms with Crippen molar-refractivity contribution in [1.82, 2.24) is 4.72 Å². The molecule has 0 fully saturated rings. The number of carbonyl (C=O) groups excluding carboxylic acids is 1. The van der Waals surface area contributed by atoms with E-state index in [-0.39, 0.29) is 4.72 Å². The zero-order valence-corrected chi connectivity index (χ0v) is 13.1. The summed E-state index contributed by atoms with van der Waals surface area (Å²) in [6.07, 6.45) is -1.83. The molecule has 0 aliphatic heterocycles. The van der Waals surface area contributed by atoms with Gasteiger partial charge in [-0.05, 0) is 12.2 Å². The number of halogens is 6. The minimum Gasteiger partial charge on any atom is -0.322 e. The lowest BCUT2D eigenvalue weighted by Gasteiger charge is -2.26. The monoisotopic (exact) mass is 371 g/mol. The molecule has 0 aliphatic carbocycles. The van der Waals surface area contributed by atoms with Gasteiger partial charge in [0.2, 0.25) is 0 Å². The first-order valence-corrected chi connectivity index (χ1v) is 7.22. The first kappa shape index (κ1) is 23.7. The Morgan fingerprint density at radius 2 is 1.39 bits per heavy atom. The van der Waals surface area contributed by atoms with Gasteiger partial charge in [-0.1, -0.05) is 13.2 Å². The largest absolute Gasteiger partial charge is 0.516 e. The van der Waals surface area contributed by atoms with Crippen LogP contribution in [0.25, 0.3) is 0 Å². The van der Waals surface area contributed by atoms with Gasteiger partial charge in [-0.2, -0.15) is 34.8 Å². The fraction of sp³-hybridized carbons (Fsp3) is 0.545. The zero-order chi connectivity index (χ0) is 19.1. The van der Waals surface area contributed by atoms with Crippen LogP contribution in [0.2, 0.25) is 0 Å². The van der Waals surface area contributed by atoms with E-state index >= 15 is 0 Å². The van der Waals surface area contributed by atoms with Gasteiger partial charge < -0.3 is 4.48 Å². The molecule has 12 heteroatoms. The molecule has 1 N–H and O–H groups in total. The molecular weight excluding hydrogens is 354 g/mol. The Labute approximate surface area is 129 Å². The van der Waals surface area contributed by atoms with Crippen molar-refractivity contribution in [3.05, 3.63) is 25.3 Å². The summed E-state index contributed by atoms with van der Waals surface area (Å²) in [5.74, 6) is -3.20. The highest BCUT2D eigenvalue weighted by molar-refractivity contribution is 7.90. The highest BCUT2D eigenvalue weighted by atomic mass is 32.2. The molecule has 23 heavy (non-hydrogen) atoms. The predicted octanol–water partition coefficient (Wildman–Crippen LogP) is 1.95. The maximum atomic E-state index is 11.4. The average molecular weight is 371 g/mol. The van der Waals surface area contributed by atoms with Crippen LogP contribution in [-0.2, 0) is 14.8 Å². The van der Waals surface area contributed by atoms with Crippen molar-refractivity contribution in [2.24, 2.45) is 0 Å². The summed E-state index contributed by atoms with van der Waals surface area (Å²) >= 11 is 0. The summed E-state index contributed by atoms with van der Waals surface area (Å²) < 4.78 is 88.9. The number of hydrogen-bond donors (Lipinski definition) is 1. The fourth-order valence-electron chi connectivity index (χ4n) is 1.01. The number of likely N-dealkylation sites (N-methyl/N-ethyl adjacent to an activating group) is 1. The molecular formula is C11H17F6N2O3S+. The van der Waals surface area contributed by atoms with Gasteiger partial charge in [0.05, 0.1) is 27.2 Å². The third-order valence-corrected chi connectivity index (χ3v) is 3.10. The Bertz CT molecular complexity index is 511. The molecule has 0 unspecified atom stereocenters. The van der Waals surface area contributed by atoms with E-state index in [4.69, 9.17) is 0 Å². The molecule has 5 nitrogen and oxygen atoms in total. The van der Waals surface area contributed by atoms with E-state index in [0.717, 1.165) is 17.6 Å². The third-order valence-electron chi connectivity index (χ3n) is 2.04. The number of nitrogens with one attached hydrogen (secondary N) is 1. The summed E-state index contributed by atoms with van der Waals surface area (Å²) in [5, 5.41) is 0. The SMILES string of the molecule is C=CC[N+](C)(C)CC=C.O=C(NS(=O)(=O)C(F)(F)F)C(F)(F)F. The minimum atomic E-state index is -6.30. The van der Waals surface area contributed by atoms with E-state index in [0.29, 0.717) is 0 Å². The van der Waals surface area contributed by atoms with Crippen LogP contribution in [0.15, 0.2) is 25.3 Å². The van der Waals surface area contributed by atoms with E-state index < -0.39 is 27.6 Å². The quantitative estimate of drug-likeness (QED) is 0.457. The third kappa shape index (κ3) is 9.94. The van der Waals surface area contributed by atoms with Crippen molar-refractivity contribution in [2.75, 3.05) is 27.2 Å². The van der Waals surface area contributed by atoms with Crippen molar-refractivity contribution in [3.63, 3.8) is 0 Å². The van der Waals surface area contributed by atoms with Crippen LogP contribution >= 0.6 is 0 Å². The Hall–Kier alpha value is -1.56. The van der Waals surface area contributed by atoms with Gasteiger partial charge >= 0.3 is 27.6 Å². The molecule has 0 bridgehead atoms. The molecule has 0 aromatic rings. The van der Waals surface area contributed by atoms with E-state index in [9.17, 15) is 39.6 Å². The number of quaternary nitrogens is 1. The van der Waals surface area contributed by atoms with Crippen LogP contribution in [-0.4, -0.2) is 57.7 Å². The number of nitrogens with zero attached hydrogens (tertiary/aromatic N) is 1. The van der Waals surface area contributed by atoms with E-state index in [1.54, 1.807) is 0 Å². The number of alkyl halides is 6. The number of hydrogen-bond acceptors (Lipinski definition) is 3. The Morgan fingerprint density at radius 1 is 1.04 bits per heavy atom. The van der Waals surface area contributed by atoms with E-state index in [2.05, 4.69) is 27.3 Å². The molecule has 0 saturated carbocycles. The number of sulfonamides is 1. The van der Waals surface area contributed by atoms with Crippen LogP contribution in [0.3, 0.4) is 0 Å². The maximum absolute atomic E-state index is 11.4. The smallest absolute Gasteiger partial charge is 0.322 e. The van der Waals surface area contributed by atoms with Crippen LogP contribution in [0.4, 0.5) is 26.3 Å². The molecule has 1 amide bonds. The highest BCUT2D eigenvalue weighted by Gasteiger charge is 2.51. The molecule has 0 heterocycles. The zero-order valence-electron chi connectivity index (χ0n) is 12.3. The van der Waals surface area contributed by atoms with Gasteiger partial charge in [-0.15, -0.1) is 0 Å². The van der Waals surface area contributed by atoms with Gasteiger partial charge in [0.15, 0.2) is 0 Å². The number of rotatable bonds is 5. The Balaban J connectivity index is 0. The van der Waals surface area contributed by atoms with Crippen molar-refractivity contribution in [3.8, 4) is 0 Å². The molecule has 0 aromatic heterocycles. The van der Waals surface area contributed by atoms with Gasteiger partial charge in [0.1, 0.15) is 0 Å². The Morgan fingerprint density at radius 3 is 1.61 bits per heavy atom. The van der Waals surface area contributed by atoms with Crippen molar-refractivity contribution >= 4 is 15.9 Å². The second-order valence-electron chi connectivity index (χ2n) is 4.76. The second kappa shape index (κ2) is 8.34. The van der Waals surface area contributed by atoms with Crippen molar-refractivity contribution in [1.29, 1.82) is 0 Å². The van der Waals surface area contributed by atoms with Crippen LogP contribution in [0.5, 0.6) is 0 Å². The molecule has 0 radical (unpaired) electrons. The van der Waals surface area contributed by atoms with E-state index in [1.807, 2.05) is 12.2 Å². The summed E-state index contributed by atoms with van der Waals surface area (Å²) in [6, 6.07) is 0. The number of carbonyl (C=O) groups is 1. The predicted molar refractivity (Wildman–Crippen MR) is 71.4 cm³/mol. The van der Waals surface area contributed by atoms with Crippen LogP contribution < -0.4 is 4.72 Å². The van der Waals surface area contributed by atoms with Crippen molar-refractivity contribution in [2.45, 2.75) is 11.7 Å². The van der Waals surface area contributed by atoms with Gasteiger partial charge in [0, 0.05) is 0 Å². The summed E-state index contributed by atoms with van der Waals surface area (Å²) in [4.78, 5) is 9.81. The van der Waals surface area contributed by atoms with Crippen LogP contribution in [0.1, 0.15) is 0 Å². The van der Waals surface area contributed by atoms with E-state index in [1.165, 1.54) is 0 Å². The molecule has 0 aliphatic rings. The lowest BCUT2D eigenvalue weighted by Crippen LogP contribution is -2.46. The first-order valence-electron chi connectivity index (χ1n) is 5.74. The van der Waals surface area contributed by atoms with Gasteiger partial charge in [0.25, 0.3) is 0 Å². The molecule has 0 atom stereocenters. The van der Waals surface area contributed by atoms with Gasteiger partial charge in [-0.3, -0.25) is 4.79 Å². The van der Waals surface area contributed by atoms with Crippen molar-refractivity contribution < 1.29 is 44.0 Å². The van der Waals surface area contributed by atoms with Gasteiger partial charge in [-0.25, -0.2) is 4.72 Å². The summed E-state index contributed by atoms with van der Waals surface area (Å²) in [6.45, 7) is 9.37. The summed E-state index contributed by atoms with van der Waals surface area (Å²) in [7, 11) is -1.99. The highest BCUT2D eigenvalue weighted by Crippen LogP contribution is 2.23. The molecule has 0 saturated heterocycles. The average Bonchev–Trinajstić information content (AvgIpc) is 2.25. The standard InChI is InChI=1S/C8H16N.C3HF6NO3S/c1-5-7-9(3,4)8-6-2;4-2(5,6)1(11)10-14(12,13)3(7,8)9/h5-6H,1-2,7-8H2,3-4H3;(H,10,11)/q+1;. The maximum Gasteiger partial charge on any atom is 0.516 e. The fourth-order valence-corrected chi connectivity index (χ4v) is 1.49. The minimum absolute atomic E-state index is 0.181. The normalized spacial score (nSPS) is 12.7. The number of amides is 1. The topological polar surface area (TPSA) is 63.2 Å². The lowest BCUT2D eigenvalue weighted by molar-refractivity contribution is -0.878. The molecule has 136 valence electrons. The molecule has 0 rings (SSSR count). The first-order chi connectivity index (χ1) is 10.00. The molecule has 0 spiro atoms. The Kier molecular flexibility index (Phi) is 8.59. The molecule has 0 aromatic carbocycles. The summed E-state index contributed by atoms with van der Waals surface area (Å²) in [5.41, 5.74) is -5.96. The second-order valence-corrected chi connectivity index (χ2v) is 6.43. The van der Waals surface area contributed by atoms with Crippen LogP contribution in [0, 0.1) is 0 Å².